The summed E-state index contributed by atoms with van der Waals surface area (Å²) in [5.74, 6) is -0.357. The molecule has 1 unspecified atom stereocenters. The van der Waals surface area contributed by atoms with Gasteiger partial charge in [-0.25, -0.2) is 0 Å². The highest BCUT2D eigenvalue weighted by Crippen LogP contribution is 1.91. The summed E-state index contributed by atoms with van der Waals surface area (Å²) in [4.78, 5) is 10.7. The van der Waals surface area contributed by atoms with E-state index in [1.165, 1.54) is 14.2 Å². The number of hydrogen-bond donors (Lipinski definition) is 1. The Bertz CT molecular complexity index is 102. The molecular weight excluding hydrogens is 136 g/mol. The van der Waals surface area contributed by atoms with Gasteiger partial charge in [0.2, 0.25) is 6.29 Å². The second-order valence-electron chi connectivity index (χ2n) is 1.80. The van der Waals surface area contributed by atoms with Gasteiger partial charge in [-0.15, -0.1) is 0 Å². The Hall–Kier alpha value is -0.450. The number of methoxy groups -OCH3 is 2. The summed E-state index contributed by atoms with van der Waals surface area (Å²) in [5.41, 5.74) is 0. The molecule has 10 heavy (non-hydrogen) atoms. The lowest BCUT2D eigenvalue weighted by molar-refractivity contribution is -0.151. The van der Waals surface area contributed by atoms with Crippen LogP contribution in [-0.2, 0) is 14.3 Å². The Balaban J connectivity index is 3.42. The number of rotatable bonds is 5. The van der Waals surface area contributed by atoms with Crippen LogP contribution in [0.4, 0.5) is 0 Å². The third kappa shape index (κ3) is 3.55. The Kier molecular flexibility index (Phi) is 5.10. The molecule has 0 aromatic rings. The van der Waals surface area contributed by atoms with Gasteiger partial charge in [-0.1, -0.05) is 0 Å². The molecule has 0 aliphatic carbocycles. The molecular formula is C6H12O4. The minimum atomic E-state index is -1.30. The van der Waals surface area contributed by atoms with E-state index in [2.05, 4.69) is 9.47 Å². The van der Waals surface area contributed by atoms with E-state index >= 15 is 0 Å². The van der Waals surface area contributed by atoms with Gasteiger partial charge in [0.1, 0.15) is 0 Å². The van der Waals surface area contributed by atoms with Crippen LogP contribution in [0.25, 0.3) is 0 Å². The SMILES string of the molecule is COCCC(=O)C(O)OC. The third-order valence-electron chi connectivity index (χ3n) is 1.05. The lowest BCUT2D eigenvalue weighted by Gasteiger charge is -2.05. The number of Topliss-reactive ketones (excluding diaryl/α,β-unsaturated/α-hetero) is 1. The van der Waals surface area contributed by atoms with Gasteiger partial charge in [-0.3, -0.25) is 4.79 Å². The van der Waals surface area contributed by atoms with Crippen LogP contribution >= 0.6 is 0 Å². The Labute approximate surface area is 59.7 Å². The maximum absolute atomic E-state index is 10.7. The Morgan fingerprint density at radius 2 is 2.20 bits per heavy atom. The molecule has 0 saturated carbocycles. The number of carbonyl (C=O) groups excluding carboxylic acids is 1. The molecule has 0 aromatic carbocycles. The first-order chi connectivity index (χ1) is 4.72. The van der Waals surface area contributed by atoms with Crippen molar-refractivity contribution < 1.29 is 19.4 Å². The first-order valence-electron chi connectivity index (χ1n) is 2.95. The molecule has 0 amide bonds. The smallest absolute Gasteiger partial charge is 0.215 e. The minimum Gasteiger partial charge on any atom is -0.384 e. The zero-order valence-electron chi connectivity index (χ0n) is 6.16. The summed E-state index contributed by atoms with van der Waals surface area (Å²) < 4.78 is 8.98. The van der Waals surface area contributed by atoms with E-state index in [1.807, 2.05) is 0 Å². The van der Waals surface area contributed by atoms with Crippen molar-refractivity contribution in [2.24, 2.45) is 0 Å². The van der Waals surface area contributed by atoms with Crippen LogP contribution in [0.15, 0.2) is 0 Å². The lowest BCUT2D eigenvalue weighted by atomic mass is 10.3. The maximum Gasteiger partial charge on any atom is 0.215 e. The molecule has 0 aliphatic rings. The zero-order valence-corrected chi connectivity index (χ0v) is 6.16. The first-order valence-corrected chi connectivity index (χ1v) is 2.95. The van der Waals surface area contributed by atoms with Gasteiger partial charge in [-0.2, -0.15) is 0 Å². The summed E-state index contributed by atoms with van der Waals surface area (Å²) in [5, 5.41) is 8.73. The minimum absolute atomic E-state index is 0.186. The van der Waals surface area contributed by atoms with Gasteiger partial charge in [0.25, 0.3) is 0 Å². The number of hydrogen-bond acceptors (Lipinski definition) is 4. The van der Waals surface area contributed by atoms with Crippen LogP contribution in [-0.4, -0.2) is 38.0 Å². The molecule has 1 atom stereocenters. The highest BCUT2D eigenvalue weighted by molar-refractivity contribution is 5.81. The molecule has 0 saturated heterocycles. The highest BCUT2D eigenvalue weighted by atomic mass is 16.6. The van der Waals surface area contributed by atoms with Gasteiger partial charge in [0.15, 0.2) is 5.78 Å². The van der Waals surface area contributed by atoms with E-state index in [0.29, 0.717) is 6.61 Å². The number of ketones is 1. The van der Waals surface area contributed by atoms with Crippen molar-refractivity contribution in [2.45, 2.75) is 12.7 Å². The number of aliphatic hydroxyl groups is 1. The molecule has 0 aromatic heterocycles. The average molecular weight is 148 g/mol. The lowest BCUT2D eigenvalue weighted by Crippen LogP contribution is -2.23. The van der Waals surface area contributed by atoms with Crippen molar-refractivity contribution in [3.63, 3.8) is 0 Å². The van der Waals surface area contributed by atoms with Crippen molar-refractivity contribution in [1.29, 1.82) is 0 Å². The van der Waals surface area contributed by atoms with Crippen molar-refractivity contribution in [3.05, 3.63) is 0 Å². The maximum atomic E-state index is 10.7. The molecule has 0 aliphatic heterocycles. The van der Waals surface area contributed by atoms with E-state index in [1.54, 1.807) is 0 Å². The summed E-state index contributed by atoms with van der Waals surface area (Å²) in [6, 6.07) is 0. The van der Waals surface area contributed by atoms with E-state index in [0.717, 1.165) is 0 Å². The van der Waals surface area contributed by atoms with Crippen LogP contribution in [0.5, 0.6) is 0 Å². The Morgan fingerprint density at radius 1 is 1.60 bits per heavy atom. The van der Waals surface area contributed by atoms with E-state index in [4.69, 9.17) is 5.11 Å². The summed E-state index contributed by atoms with van der Waals surface area (Å²) >= 11 is 0. The summed E-state index contributed by atoms with van der Waals surface area (Å²) in [7, 11) is 2.77. The quantitative estimate of drug-likeness (QED) is 0.537. The predicted octanol–water partition coefficient (Wildman–Crippen LogP) is -0.443. The molecule has 4 heteroatoms. The monoisotopic (exact) mass is 148 g/mol. The predicted molar refractivity (Wildman–Crippen MR) is 34.5 cm³/mol. The van der Waals surface area contributed by atoms with Crippen LogP contribution in [0.3, 0.4) is 0 Å². The van der Waals surface area contributed by atoms with E-state index in [9.17, 15) is 4.79 Å². The molecule has 4 nitrogen and oxygen atoms in total. The fraction of sp³-hybridized carbons (Fsp3) is 0.833. The van der Waals surface area contributed by atoms with Crippen LogP contribution in [0, 0.1) is 0 Å². The topological polar surface area (TPSA) is 55.8 Å². The largest absolute Gasteiger partial charge is 0.384 e. The van der Waals surface area contributed by atoms with Crippen LogP contribution in [0.1, 0.15) is 6.42 Å². The van der Waals surface area contributed by atoms with Crippen LogP contribution in [0.2, 0.25) is 0 Å². The zero-order chi connectivity index (χ0) is 7.98. The van der Waals surface area contributed by atoms with Gasteiger partial charge >= 0.3 is 0 Å². The normalized spacial score (nSPS) is 13.1. The average Bonchev–Trinajstić information content (AvgIpc) is 1.98. The molecule has 60 valence electrons. The second kappa shape index (κ2) is 5.34. The molecule has 0 bridgehead atoms. The van der Waals surface area contributed by atoms with Gasteiger partial charge in [-0.05, 0) is 0 Å². The fourth-order valence-electron chi connectivity index (χ4n) is 0.458. The van der Waals surface area contributed by atoms with Gasteiger partial charge < -0.3 is 14.6 Å². The van der Waals surface area contributed by atoms with Crippen molar-refractivity contribution in [3.8, 4) is 0 Å². The third-order valence-corrected chi connectivity index (χ3v) is 1.05. The number of aliphatic hydroxyl groups excluding tert-OH is 1. The molecule has 0 heterocycles. The molecule has 0 rings (SSSR count). The molecule has 0 radical (unpaired) electrons. The fourth-order valence-corrected chi connectivity index (χ4v) is 0.458. The highest BCUT2D eigenvalue weighted by Gasteiger charge is 2.11. The molecule has 0 spiro atoms. The molecule has 0 fully saturated rings. The van der Waals surface area contributed by atoms with Crippen molar-refractivity contribution in [1.82, 2.24) is 0 Å². The van der Waals surface area contributed by atoms with Gasteiger partial charge in [0, 0.05) is 20.6 Å². The van der Waals surface area contributed by atoms with Gasteiger partial charge in [0.05, 0.1) is 6.61 Å². The first kappa shape index (κ1) is 9.55. The Morgan fingerprint density at radius 3 is 2.60 bits per heavy atom. The number of ether oxygens (including phenoxy) is 2. The second-order valence-corrected chi connectivity index (χ2v) is 1.80. The summed E-state index contributed by atoms with van der Waals surface area (Å²) in [6.45, 7) is 0.319. The molecule has 1 N–H and O–H groups in total. The van der Waals surface area contributed by atoms with E-state index < -0.39 is 6.29 Å². The van der Waals surface area contributed by atoms with Crippen molar-refractivity contribution in [2.75, 3.05) is 20.8 Å². The van der Waals surface area contributed by atoms with Crippen LogP contribution < -0.4 is 0 Å². The standard InChI is InChI=1S/C6H12O4/c1-9-4-3-5(7)6(8)10-2/h6,8H,3-4H2,1-2H3. The number of carbonyl (C=O) groups is 1. The van der Waals surface area contributed by atoms with E-state index in [-0.39, 0.29) is 12.2 Å². The van der Waals surface area contributed by atoms with Crippen molar-refractivity contribution >= 4 is 5.78 Å². The summed E-state index contributed by atoms with van der Waals surface area (Å²) in [6.07, 6.45) is -1.11.